The van der Waals surface area contributed by atoms with Gasteiger partial charge in [0, 0.05) is 12.2 Å². The monoisotopic (exact) mass is 287 g/mol. The molecule has 0 aromatic heterocycles. The zero-order valence-corrected chi connectivity index (χ0v) is 12.8. The molecule has 1 aromatic rings. The van der Waals surface area contributed by atoms with Crippen LogP contribution in [0.2, 0.25) is 0 Å². The Labute approximate surface area is 126 Å². The zero-order valence-electron chi connectivity index (χ0n) is 12.8. The lowest BCUT2D eigenvalue weighted by molar-refractivity contribution is -0.117. The van der Waals surface area contributed by atoms with Crippen LogP contribution in [0.5, 0.6) is 0 Å². The second-order valence-electron chi connectivity index (χ2n) is 6.63. The third kappa shape index (κ3) is 3.63. The van der Waals surface area contributed by atoms with E-state index in [9.17, 15) is 4.79 Å². The summed E-state index contributed by atoms with van der Waals surface area (Å²) in [6.45, 7) is 6.95. The Hall–Kier alpha value is -1.39. The maximum absolute atomic E-state index is 12.2. The first-order valence-corrected chi connectivity index (χ1v) is 7.95. The highest BCUT2D eigenvalue weighted by molar-refractivity contribution is 5.92. The van der Waals surface area contributed by atoms with Crippen molar-refractivity contribution >= 4 is 11.6 Å². The molecule has 2 saturated heterocycles. The summed E-state index contributed by atoms with van der Waals surface area (Å²) in [6, 6.07) is 7.97. The predicted octanol–water partition coefficient (Wildman–Crippen LogP) is 2.01. The molecule has 1 amide bonds. The quantitative estimate of drug-likeness (QED) is 0.894. The number of amides is 1. The largest absolute Gasteiger partial charge is 0.325 e. The van der Waals surface area contributed by atoms with E-state index in [1.165, 1.54) is 24.8 Å². The Kier molecular flexibility index (Phi) is 4.27. The van der Waals surface area contributed by atoms with Crippen molar-refractivity contribution in [2.24, 2.45) is 5.41 Å². The second kappa shape index (κ2) is 6.16. The molecule has 0 atom stereocenters. The van der Waals surface area contributed by atoms with Gasteiger partial charge in [0.05, 0.1) is 6.54 Å². The minimum Gasteiger partial charge on any atom is -0.325 e. The molecule has 4 nitrogen and oxygen atoms in total. The Morgan fingerprint density at radius 1 is 1.33 bits per heavy atom. The first-order chi connectivity index (χ1) is 10.2. The van der Waals surface area contributed by atoms with Gasteiger partial charge in [0.1, 0.15) is 0 Å². The lowest BCUT2D eigenvalue weighted by Crippen LogP contribution is -2.40. The molecule has 1 spiro atoms. The number of anilines is 1. The van der Waals surface area contributed by atoms with E-state index in [-0.39, 0.29) is 5.91 Å². The summed E-state index contributed by atoms with van der Waals surface area (Å²) >= 11 is 0. The zero-order chi connectivity index (χ0) is 14.7. The van der Waals surface area contributed by atoms with Crippen LogP contribution in [0.3, 0.4) is 0 Å². The minimum atomic E-state index is 0.103. The van der Waals surface area contributed by atoms with Crippen molar-refractivity contribution in [1.82, 2.24) is 10.2 Å². The van der Waals surface area contributed by atoms with E-state index in [2.05, 4.69) is 15.5 Å². The number of carbonyl (C=O) groups excluding carboxylic acids is 1. The van der Waals surface area contributed by atoms with Gasteiger partial charge in [-0.15, -0.1) is 0 Å². The predicted molar refractivity (Wildman–Crippen MR) is 85.4 cm³/mol. The van der Waals surface area contributed by atoms with E-state index in [1.54, 1.807) is 0 Å². The van der Waals surface area contributed by atoms with Crippen molar-refractivity contribution in [2.45, 2.75) is 26.2 Å². The van der Waals surface area contributed by atoms with E-state index < -0.39 is 0 Å². The van der Waals surface area contributed by atoms with E-state index >= 15 is 0 Å². The van der Waals surface area contributed by atoms with Gasteiger partial charge in [-0.2, -0.15) is 0 Å². The number of hydrogen-bond acceptors (Lipinski definition) is 3. The van der Waals surface area contributed by atoms with Crippen LogP contribution in [0.4, 0.5) is 5.69 Å². The van der Waals surface area contributed by atoms with Crippen molar-refractivity contribution in [3.8, 4) is 0 Å². The van der Waals surface area contributed by atoms with Crippen LogP contribution in [-0.4, -0.2) is 43.5 Å². The Bertz CT molecular complexity index is 509. The fourth-order valence-corrected chi connectivity index (χ4v) is 3.65. The summed E-state index contributed by atoms with van der Waals surface area (Å²) in [7, 11) is 0. The average molecular weight is 287 g/mol. The third-order valence-electron chi connectivity index (χ3n) is 4.85. The van der Waals surface area contributed by atoms with Crippen LogP contribution in [-0.2, 0) is 4.79 Å². The van der Waals surface area contributed by atoms with Crippen LogP contribution in [0.15, 0.2) is 24.3 Å². The summed E-state index contributed by atoms with van der Waals surface area (Å²) in [5.41, 5.74) is 2.54. The fraction of sp³-hybridized carbons (Fsp3) is 0.588. The van der Waals surface area contributed by atoms with E-state index in [1.807, 2.05) is 31.2 Å². The highest BCUT2D eigenvalue weighted by atomic mass is 16.2. The Morgan fingerprint density at radius 2 is 2.14 bits per heavy atom. The smallest absolute Gasteiger partial charge is 0.238 e. The Morgan fingerprint density at radius 3 is 2.90 bits per heavy atom. The number of nitrogens with one attached hydrogen (secondary N) is 2. The molecule has 2 aliphatic heterocycles. The standard InChI is InChI=1S/C17H25N3O/c1-14-3-2-4-15(11-14)19-16(21)12-20-10-7-17(13-20)5-8-18-9-6-17/h2-4,11,18H,5-10,12-13H2,1H3,(H,19,21). The molecule has 114 valence electrons. The fourth-order valence-electron chi connectivity index (χ4n) is 3.65. The summed E-state index contributed by atoms with van der Waals surface area (Å²) in [5.74, 6) is 0.103. The Balaban J connectivity index is 1.51. The molecule has 0 aliphatic carbocycles. The summed E-state index contributed by atoms with van der Waals surface area (Å²) in [4.78, 5) is 14.5. The molecule has 21 heavy (non-hydrogen) atoms. The van der Waals surface area contributed by atoms with Crippen molar-refractivity contribution < 1.29 is 4.79 Å². The molecule has 0 unspecified atom stereocenters. The molecule has 3 rings (SSSR count). The molecule has 4 heteroatoms. The van der Waals surface area contributed by atoms with Crippen molar-refractivity contribution in [3.63, 3.8) is 0 Å². The van der Waals surface area contributed by atoms with Gasteiger partial charge in [-0.05, 0) is 68.9 Å². The second-order valence-corrected chi connectivity index (χ2v) is 6.63. The maximum atomic E-state index is 12.2. The molecule has 0 bridgehead atoms. The van der Waals surface area contributed by atoms with Gasteiger partial charge in [0.25, 0.3) is 0 Å². The number of piperidine rings is 1. The molecule has 0 saturated carbocycles. The first-order valence-electron chi connectivity index (χ1n) is 7.95. The van der Waals surface area contributed by atoms with Gasteiger partial charge in [0.15, 0.2) is 0 Å². The molecule has 2 N–H and O–H groups in total. The highest BCUT2D eigenvalue weighted by Crippen LogP contribution is 2.38. The summed E-state index contributed by atoms with van der Waals surface area (Å²) in [5, 5.41) is 6.44. The number of likely N-dealkylation sites (tertiary alicyclic amines) is 1. The maximum Gasteiger partial charge on any atom is 0.238 e. The molecule has 2 heterocycles. The van der Waals surface area contributed by atoms with Crippen LogP contribution >= 0.6 is 0 Å². The molecular formula is C17H25N3O. The minimum absolute atomic E-state index is 0.103. The van der Waals surface area contributed by atoms with Gasteiger partial charge in [-0.25, -0.2) is 0 Å². The molecule has 0 radical (unpaired) electrons. The number of benzene rings is 1. The topological polar surface area (TPSA) is 44.4 Å². The lowest BCUT2D eigenvalue weighted by atomic mass is 9.78. The highest BCUT2D eigenvalue weighted by Gasteiger charge is 2.39. The van der Waals surface area contributed by atoms with Gasteiger partial charge >= 0.3 is 0 Å². The van der Waals surface area contributed by atoms with E-state index in [0.717, 1.165) is 31.9 Å². The van der Waals surface area contributed by atoms with Gasteiger partial charge in [-0.3, -0.25) is 9.69 Å². The molecule has 1 aromatic carbocycles. The number of rotatable bonds is 3. The number of carbonyl (C=O) groups is 1. The third-order valence-corrected chi connectivity index (χ3v) is 4.85. The first kappa shape index (κ1) is 14.5. The molecule has 2 aliphatic rings. The number of nitrogens with zero attached hydrogens (tertiary/aromatic N) is 1. The number of aryl methyl sites for hydroxylation is 1. The van der Waals surface area contributed by atoms with Crippen LogP contribution in [0.25, 0.3) is 0 Å². The average Bonchev–Trinajstić information content (AvgIpc) is 2.82. The van der Waals surface area contributed by atoms with Crippen molar-refractivity contribution in [1.29, 1.82) is 0 Å². The summed E-state index contributed by atoms with van der Waals surface area (Å²) in [6.07, 6.45) is 3.75. The summed E-state index contributed by atoms with van der Waals surface area (Å²) < 4.78 is 0. The SMILES string of the molecule is Cc1cccc(NC(=O)CN2CCC3(CCNCC3)C2)c1. The van der Waals surface area contributed by atoms with Crippen molar-refractivity contribution in [3.05, 3.63) is 29.8 Å². The van der Waals surface area contributed by atoms with Crippen LogP contribution in [0.1, 0.15) is 24.8 Å². The van der Waals surface area contributed by atoms with E-state index in [0.29, 0.717) is 12.0 Å². The van der Waals surface area contributed by atoms with Gasteiger partial charge < -0.3 is 10.6 Å². The number of hydrogen-bond donors (Lipinski definition) is 2. The van der Waals surface area contributed by atoms with Crippen LogP contribution < -0.4 is 10.6 Å². The van der Waals surface area contributed by atoms with Gasteiger partial charge in [0.2, 0.25) is 5.91 Å². The van der Waals surface area contributed by atoms with Gasteiger partial charge in [-0.1, -0.05) is 12.1 Å². The van der Waals surface area contributed by atoms with Crippen molar-refractivity contribution in [2.75, 3.05) is 38.0 Å². The van der Waals surface area contributed by atoms with E-state index in [4.69, 9.17) is 0 Å². The molecular weight excluding hydrogens is 262 g/mol. The van der Waals surface area contributed by atoms with Crippen LogP contribution in [0, 0.1) is 12.3 Å². The lowest BCUT2D eigenvalue weighted by Gasteiger charge is -2.33. The normalized spacial score (nSPS) is 21.6. The molecule has 2 fully saturated rings.